The fraction of sp³-hybridized carbons (Fsp3) is 0. The standard InChI is InChI=1S/C10H6O.3Y/c11-10-6-5-8-3-1-2-4-9(8)7-10;;;/h2-5,7,11H;;;/q-2;;;. The average Bonchev–Trinajstić information content (AvgIpc) is 2.04. The summed E-state index contributed by atoms with van der Waals surface area (Å²) in [5.74, 6) is 0.184. The van der Waals surface area contributed by atoms with E-state index in [1.165, 1.54) is 0 Å². The van der Waals surface area contributed by atoms with Crippen LogP contribution in [0.3, 0.4) is 0 Å². The Labute approximate surface area is 159 Å². The van der Waals surface area contributed by atoms with Crippen LogP contribution in [0.2, 0.25) is 0 Å². The topological polar surface area (TPSA) is 20.2 Å². The Morgan fingerprint density at radius 2 is 1.71 bits per heavy atom. The summed E-state index contributed by atoms with van der Waals surface area (Å²) in [5.41, 5.74) is 0. The number of hydrogen-bond donors (Lipinski definition) is 1. The quantitative estimate of drug-likeness (QED) is 0.662. The van der Waals surface area contributed by atoms with E-state index in [9.17, 15) is 0 Å². The van der Waals surface area contributed by atoms with Crippen LogP contribution in [0.1, 0.15) is 0 Å². The summed E-state index contributed by atoms with van der Waals surface area (Å²) >= 11 is 0. The second-order valence-corrected chi connectivity index (χ2v) is 2.37. The van der Waals surface area contributed by atoms with Gasteiger partial charge in [-0.1, -0.05) is 0 Å². The Kier molecular flexibility index (Phi) is 11.6. The minimum atomic E-state index is 0. The molecule has 0 aliphatic carbocycles. The predicted octanol–water partition coefficient (Wildman–Crippen LogP) is 2.14. The van der Waals surface area contributed by atoms with Crippen molar-refractivity contribution in [1.82, 2.24) is 0 Å². The Balaban J connectivity index is 0. The van der Waals surface area contributed by atoms with E-state index in [0.29, 0.717) is 0 Å². The second kappa shape index (κ2) is 8.91. The Morgan fingerprint density at radius 3 is 2.43 bits per heavy atom. The van der Waals surface area contributed by atoms with Crippen LogP contribution in [0.25, 0.3) is 10.8 Å². The molecule has 0 saturated carbocycles. The Morgan fingerprint density at radius 1 is 1.00 bits per heavy atom. The summed E-state index contributed by atoms with van der Waals surface area (Å²) in [6, 6.07) is 14.7. The molecule has 0 atom stereocenters. The van der Waals surface area contributed by atoms with Gasteiger partial charge in [-0.3, -0.25) is 0 Å². The van der Waals surface area contributed by atoms with Crippen molar-refractivity contribution in [3.05, 3.63) is 42.5 Å². The van der Waals surface area contributed by atoms with Crippen LogP contribution in [0.4, 0.5) is 0 Å². The molecule has 0 spiro atoms. The largest absolute Gasteiger partial charge is 0.534 e. The van der Waals surface area contributed by atoms with Gasteiger partial charge in [0.05, 0.1) is 0 Å². The van der Waals surface area contributed by atoms with Gasteiger partial charge in [0.25, 0.3) is 0 Å². The number of rotatable bonds is 0. The molecule has 14 heavy (non-hydrogen) atoms. The van der Waals surface area contributed by atoms with Crippen LogP contribution < -0.4 is 0 Å². The minimum absolute atomic E-state index is 0. The minimum Gasteiger partial charge on any atom is -0.534 e. The van der Waals surface area contributed by atoms with Gasteiger partial charge in [0.15, 0.2) is 0 Å². The maximum atomic E-state index is 9.06. The average molecular weight is 409 g/mol. The zero-order chi connectivity index (χ0) is 7.68. The molecule has 2 aromatic carbocycles. The Bertz CT molecular complexity index is 390. The molecule has 0 aromatic heterocycles. The van der Waals surface area contributed by atoms with Crippen LogP contribution in [-0.4, -0.2) is 5.11 Å². The number of fused-ring (bicyclic) bond motifs is 1. The normalized spacial score (nSPS) is 8.00. The van der Waals surface area contributed by atoms with E-state index >= 15 is 0 Å². The molecule has 0 bridgehead atoms. The van der Waals surface area contributed by atoms with Gasteiger partial charge in [0.2, 0.25) is 0 Å². The molecule has 0 amide bonds. The molecular formula is C10H6OY3-2. The second-order valence-electron chi connectivity index (χ2n) is 2.37. The van der Waals surface area contributed by atoms with Crippen LogP contribution in [-0.2, 0) is 98.1 Å². The smallest absolute Gasteiger partial charge is 0.00358 e. The van der Waals surface area contributed by atoms with Crippen LogP contribution >= 0.6 is 0 Å². The molecule has 0 aliphatic heterocycles. The zero-order valence-electron chi connectivity index (χ0n) is 7.57. The summed E-state index contributed by atoms with van der Waals surface area (Å²) in [7, 11) is 0. The molecule has 1 nitrogen and oxygen atoms in total. The number of phenolic OH excluding ortho intramolecular Hbond substituents is 1. The van der Waals surface area contributed by atoms with Gasteiger partial charge < -0.3 is 5.11 Å². The number of aromatic hydroxyl groups is 1. The van der Waals surface area contributed by atoms with Gasteiger partial charge in [-0.05, 0) is 0 Å². The summed E-state index contributed by atoms with van der Waals surface area (Å²) in [6.45, 7) is 0. The monoisotopic (exact) mass is 409 g/mol. The van der Waals surface area contributed by atoms with Gasteiger partial charge in [0, 0.05) is 104 Å². The molecule has 3 radical (unpaired) electrons. The SMILES string of the molecule is Oc1[c-]cc2c[c-]ccc2c1.[Y].[Y].[Y]. The summed E-state index contributed by atoms with van der Waals surface area (Å²) in [5, 5.41) is 11.1. The van der Waals surface area contributed by atoms with Gasteiger partial charge in [-0.2, -0.15) is 41.1 Å². The van der Waals surface area contributed by atoms with Gasteiger partial charge in [0.1, 0.15) is 0 Å². The first-order valence-corrected chi connectivity index (χ1v) is 3.37. The van der Waals surface area contributed by atoms with E-state index in [1.54, 1.807) is 12.1 Å². The van der Waals surface area contributed by atoms with Crippen molar-refractivity contribution in [3.8, 4) is 5.75 Å². The fourth-order valence-corrected chi connectivity index (χ4v) is 1.05. The van der Waals surface area contributed by atoms with Crippen molar-refractivity contribution >= 4 is 10.8 Å². The molecule has 0 aliphatic rings. The first kappa shape index (κ1) is 18.2. The molecule has 0 unspecified atom stereocenters. The van der Waals surface area contributed by atoms with E-state index in [0.717, 1.165) is 10.8 Å². The summed E-state index contributed by atoms with van der Waals surface area (Å²) in [4.78, 5) is 0. The summed E-state index contributed by atoms with van der Waals surface area (Å²) in [6.07, 6.45) is 0. The molecule has 2 rings (SSSR count). The molecule has 63 valence electrons. The van der Waals surface area contributed by atoms with Crippen molar-refractivity contribution < 1.29 is 103 Å². The zero-order valence-corrected chi connectivity index (χ0v) is 16.1. The third-order valence-electron chi connectivity index (χ3n) is 1.60. The van der Waals surface area contributed by atoms with Gasteiger partial charge in [-0.15, -0.1) is 12.1 Å². The number of phenols is 1. The maximum Gasteiger partial charge on any atom is 0.00358 e. The summed E-state index contributed by atoms with van der Waals surface area (Å²) < 4.78 is 0. The van der Waals surface area contributed by atoms with Crippen LogP contribution in [0.15, 0.2) is 30.3 Å². The van der Waals surface area contributed by atoms with Crippen molar-refractivity contribution in [2.45, 2.75) is 0 Å². The fourth-order valence-electron chi connectivity index (χ4n) is 1.05. The molecule has 2 aromatic rings. The molecule has 0 saturated heterocycles. The van der Waals surface area contributed by atoms with Crippen LogP contribution in [0, 0.1) is 12.1 Å². The molecule has 0 heterocycles. The van der Waals surface area contributed by atoms with E-state index in [1.807, 2.05) is 18.2 Å². The van der Waals surface area contributed by atoms with Crippen molar-refractivity contribution in [3.63, 3.8) is 0 Å². The van der Waals surface area contributed by atoms with Crippen molar-refractivity contribution in [2.75, 3.05) is 0 Å². The van der Waals surface area contributed by atoms with E-state index in [-0.39, 0.29) is 104 Å². The molecule has 4 heteroatoms. The number of benzene rings is 2. The first-order chi connectivity index (χ1) is 5.36. The van der Waals surface area contributed by atoms with E-state index < -0.39 is 0 Å². The van der Waals surface area contributed by atoms with Crippen molar-refractivity contribution in [1.29, 1.82) is 0 Å². The number of hydrogen-bond acceptors (Lipinski definition) is 1. The van der Waals surface area contributed by atoms with Gasteiger partial charge >= 0.3 is 0 Å². The van der Waals surface area contributed by atoms with E-state index in [2.05, 4.69) is 12.1 Å². The van der Waals surface area contributed by atoms with Crippen molar-refractivity contribution in [2.24, 2.45) is 0 Å². The van der Waals surface area contributed by atoms with Gasteiger partial charge in [-0.25, -0.2) is 0 Å². The van der Waals surface area contributed by atoms with E-state index in [4.69, 9.17) is 5.11 Å². The maximum absolute atomic E-state index is 9.06. The predicted molar refractivity (Wildman–Crippen MR) is 43.3 cm³/mol. The Hall–Kier alpha value is 1.81. The molecular weight excluding hydrogens is 403 g/mol. The third-order valence-corrected chi connectivity index (χ3v) is 1.60. The first-order valence-electron chi connectivity index (χ1n) is 3.37. The third kappa shape index (κ3) is 4.77. The van der Waals surface area contributed by atoms with Crippen LogP contribution in [0.5, 0.6) is 5.75 Å². The molecule has 0 fully saturated rings. The molecule has 1 N–H and O–H groups in total.